The summed E-state index contributed by atoms with van der Waals surface area (Å²) in [6, 6.07) is 4.74. The third kappa shape index (κ3) is 3.63. The predicted octanol–water partition coefficient (Wildman–Crippen LogP) is 2.10. The number of likely N-dealkylation sites (N-methyl/N-ethyl adjacent to an activating group) is 1. The highest BCUT2D eigenvalue weighted by atomic mass is 35.5. The van der Waals surface area contributed by atoms with Crippen molar-refractivity contribution in [3.05, 3.63) is 28.3 Å². The van der Waals surface area contributed by atoms with Gasteiger partial charge >= 0.3 is 0 Å². The molecule has 0 unspecified atom stereocenters. The van der Waals surface area contributed by atoms with E-state index >= 15 is 0 Å². The molecule has 1 rings (SSSR count). The van der Waals surface area contributed by atoms with Gasteiger partial charge in [0.25, 0.3) is 5.91 Å². The number of phenolic OH excluding ortho intramolecular Hbond substituents is 1. The number of carbonyl (C=O) groups is 1. The largest absolute Gasteiger partial charge is 0.503 e. The van der Waals surface area contributed by atoms with Crippen LogP contribution in [0.2, 0.25) is 5.02 Å². The fraction of sp³-hybridized carbons (Fsp3) is 0.231. The van der Waals surface area contributed by atoms with Gasteiger partial charge in [0, 0.05) is 7.05 Å². The summed E-state index contributed by atoms with van der Waals surface area (Å²) in [6.07, 6.45) is 1.37. The van der Waals surface area contributed by atoms with E-state index in [0.717, 1.165) is 0 Å². The number of hydrogen-bond acceptors (Lipinski definition) is 4. The third-order valence-corrected chi connectivity index (χ3v) is 2.54. The minimum atomic E-state index is -0.496. The Hall–Kier alpha value is -2.19. The Morgan fingerprint density at radius 3 is 2.84 bits per heavy atom. The maximum atomic E-state index is 11.4. The molecule has 1 aromatic carbocycles. The molecular formula is C13H13ClN2O3. The number of carbonyl (C=O) groups excluding carboxylic acids is 1. The predicted molar refractivity (Wildman–Crippen MR) is 71.9 cm³/mol. The zero-order valence-electron chi connectivity index (χ0n) is 10.5. The van der Waals surface area contributed by atoms with Crippen LogP contribution >= 0.6 is 11.6 Å². The first-order valence-electron chi connectivity index (χ1n) is 5.52. The average molecular weight is 281 g/mol. The molecule has 2 N–H and O–H groups in total. The second-order valence-electron chi connectivity index (χ2n) is 3.53. The maximum absolute atomic E-state index is 11.4. The highest BCUT2D eigenvalue weighted by Crippen LogP contribution is 2.35. The van der Waals surface area contributed by atoms with Crippen molar-refractivity contribution in [2.45, 2.75) is 6.92 Å². The van der Waals surface area contributed by atoms with Crippen LogP contribution in [0, 0.1) is 11.3 Å². The number of nitriles is 1. The minimum Gasteiger partial charge on any atom is -0.503 e. The summed E-state index contributed by atoms with van der Waals surface area (Å²) in [5.74, 6) is -0.459. The van der Waals surface area contributed by atoms with Crippen LogP contribution in [0.4, 0.5) is 0 Å². The molecule has 0 aromatic heterocycles. The first-order valence-corrected chi connectivity index (χ1v) is 5.90. The number of nitrogens with one attached hydrogen (secondary N) is 1. The third-order valence-electron chi connectivity index (χ3n) is 2.25. The normalized spacial score (nSPS) is 10.7. The van der Waals surface area contributed by atoms with Gasteiger partial charge in [-0.3, -0.25) is 4.79 Å². The van der Waals surface area contributed by atoms with E-state index in [1.165, 1.54) is 25.3 Å². The zero-order valence-corrected chi connectivity index (χ0v) is 11.3. The van der Waals surface area contributed by atoms with Gasteiger partial charge in [0.15, 0.2) is 11.5 Å². The lowest BCUT2D eigenvalue weighted by molar-refractivity contribution is -0.116. The molecule has 19 heavy (non-hydrogen) atoms. The van der Waals surface area contributed by atoms with Crippen LogP contribution < -0.4 is 10.1 Å². The number of rotatable bonds is 4. The summed E-state index contributed by atoms with van der Waals surface area (Å²) < 4.78 is 5.21. The van der Waals surface area contributed by atoms with Gasteiger partial charge in [0.05, 0.1) is 11.6 Å². The van der Waals surface area contributed by atoms with E-state index in [-0.39, 0.29) is 22.1 Å². The van der Waals surface area contributed by atoms with Crippen molar-refractivity contribution in [1.82, 2.24) is 5.32 Å². The number of ether oxygens (including phenoxy) is 1. The molecule has 1 aromatic rings. The van der Waals surface area contributed by atoms with Gasteiger partial charge in [0.2, 0.25) is 0 Å². The molecule has 0 heterocycles. The van der Waals surface area contributed by atoms with E-state index in [2.05, 4.69) is 5.32 Å². The van der Waals surface area contributed by atoms with Gasteiger partial charge in [-0.15, -0.1) is 0 Å². The zero-order chi connectivity index (χ0) is 14.4. The summed E-state index contributed by atoms with van der Waals surface area (Å²) in [6.45, 7) is 2.12. The van der Waals surface area contributed by atoms with Crippen LogP contribution in [0.5, 0.6) is 11.5 Å². The molecule has 0 fully saturated rings. The number of nitrogens with zero attached hydrogens (tertiary/aromatic N) is 1. The molecule has 0 aliphatic rings. The molecule has 0 saturated heterocycles. The van der Waals surface area contributed by atoms with Gasteiger partial charge in [-0.25, -0.2) is 0 Å². The van der Waals surface area contributed by atoms with E-state index in [0.29, 0.717) is 12.2 Å². The molecule has 0 radical (unpaired) electrons. The summed E-state index contributed by atoms with van der Waals surface area (Å²) in [5.41, 5.74) is 0.429. The highest BCUT2D eigenvalue weighted by molar-refractivity contribution is 6.32. The number of hydrogen-bond donors (Lipinski definition) is 2. The van der Waals surface area contributed by atoms with Crippen LogP contribution in [0.15, 0.2) is 17.7 Å². The molecule has 0 aliphatic carbocycles. The van der Waals surface area contributed by atoms with Crippen molar-refractivity contribution in [1.29, 1.82) is 5.26 Å². The van der Waals surface area contributed by atoms with Crippen molar-refractivity contribution in [2.24, 2.45) is 0 Å². The van der Waals surface area contributed by atoms with E-state index in [9.17, 15) is 9.90 Å². The number of phenols is 1. The van der Waals surface area contributed by atoms with Crippen molar-refractivity contribution >= 4 is 23.6 Å². The molecular weight excluding hydrogens is 268 g/mol. The van der Waals surface area contributed by atoms with Crippen molar-refractivity contribution < 1.29 is 14.6 Å². The smallest absolute Gasteiger partial charge is 0.261 e. The van der Waals surface area contributed by atoms with Crippen molar-refractivity contribution in [3.63, 3.8) is 0 Å². The molecule has 0 spiro atoms. The molecule has 0 saturated carbocycles. The molecule has 5 nitrogen and oxygen atoms in total. The van der Waals surface area contributed by atoms with Crippen molar-refractivity contribution in [3.8, 4) is 17.6 Å². The summed E-state index contributed by atoms with van der Waals surface area (Å²) in [5, 5.41) is 21.0. The van der Waals surface area contributed by atoms with Crippen LogP contribution in [0.1, 0.15) is 12.5 Å². The van der Waals surface area contributed by atoms with E-state index in [1.807, 2.05) is 0 Å². The molecule has 1 amide bonds. The summed E-state index contributed by atoms with van der Waals surface area (Å²) in [7, 11) is 1.43. The Balaban J connectivity index is 3.25. The van der Waals surface area contributed by atoms with Gasteiger partial charge in [-0.05, 0) is 30.7 Å². The first-order chi connectivity index (χ1) is 9.03. The maximum Gasteiger partial charge on any atom is 0.261 e. The Labute approximate surface area is 116 Å². The second kappa shape index (κ2) is 6.66. The summed E-state index contributed by atoms with van der Waals surface area (Å²) >= 11 is 5.85. The Morgan fingerprint density at radius 2 is 2.32 bits per heavy atom. The fourth-order valence-corrected chi connectivity index (χ4v) is 1.61. The minimum absolute atomic E-state index is 0.0632. The van der Waals surface area contributed by atoms with Gasteiger partial charge in [0.1, 0.15) is 11.6 Å². The number of aromatic hydroxyl groups is 1. The molecule has 0 aliphatic heterocycles. The number of halogens is 1. The van der Waals surface area contributed by atoms with Gasteiger partial charge in [-0.2, -0.15) is 5.26 Å². The molecule has 6 heteroatoms. The Morgan fingerprint density at radius 1 is 1.63 bits per heavy atom. The lowest BCUT2D eigenvalue weighted by Gasteiger charge is -2.08. The monoisotopic (exact) mass is 280 g/mol. The first kappa shape index (κ1) is 14.9. The van der Waals surface area contributed by atoms with E-state index in [4.69, 9.17) is 21.6 Å². The lowest BCUT2D eigenvalue weighted by atomic mass is 10.1. The molecule has 0 bridgehead atoms. The van der Waals surface area contributed by atoms with E-state index in [1.54, 1.807) is 13.0 Å². The van der Waals surface area contributed by atoms with Crippen LogP contribution in [0.25, 0.3) is 6.08 Å². The number of amides is 1. The van der Waals surface area contributed by atoms with Gasteiger partial charge < -0.3 is 15.2 Å². The second-order valence-corrected chi connectivity index (χ2v) is 3.94. The Bertz CT molecular complexity index is 562. The quantitative estimate of drug-likeness (QED) is 0.653. The molecule has 100 valence electrons. The fourth-order valence-electron chi connectivity index (χ4n) is 1.39. The Kier molecular flexibility index (Phi) is 5.22. The van der Waals surface area contributed by atoms with Crippen LogP contribution in [0.3, 0.4) is 0 Å². The van der Waals surface area contributed by atoms with Gasteiger partial charge in [-0.1, -0.05) is 11.6 Å². The van der Waals surface area contributed by atoms with E-state index < -0.39 is 5.91 Å². The average Bonchev–Trinajstić information content (AvgIpc) is 2.40. The highest BCUT2D eigenvalue weighted by Gasteiger charge is 2.11. The SMILES string of the molecule is CCOc1cc(/C=C(\C#N)C(=O)NC)cc(Cl)c1O. The number of benzene rings is 1. The summed E-state index contributed by atoms with van der Waals surface area (Å²) in [4.78, 5) is 11.4. The topological polar surface area (TPSA) is 82.3 Å². The van der Waals surface area contributed by atoms with Crippen molar-refractivity contribution in [2.75, 3.05) is 13.7 Å². The standard InChI is InChI=1S/C13H13ClN2O3/c1-3-19-11-6-8(5-10(14)12(11)17)4-9(7-15)13(18)16-2/h4-6,17H,3H2,1-2H3,(H,16,18)/b9-4+. The van der Waals surface area contributed by atoms with Crippen LogP contribution in [-0.4, -0.2) is 24.7 Å². The lowest BCUT2D eigenvalue weighted by Crippen LogP contribution is -2.19. The molecule has 0 atom stereocenters. The van der Waals surface area contributed by atoms with Crippen LogP contribution in [-0.2, 0) is 4.79 Å².